The molecule has 1 aliphatic rings. The Morgan fingerprint density at radius 1 is 1.33 bits per heavy atom. The van der Waals surface area contributed by atoms with E-state index >= 15 is 0 Å². The van der Waals surface area contributed by atoms with Crippen molar-refractivity contribution in [3.05, 3.63) is 41.6 Å². The Labute approximate surface area is 106 Å². The molecule has 1 aliphatic heterocycles. The van der Waals surface area contributed by atoms with Gasteiger partial charge in [0.05, 0.1) is 5.52 Å². The van der Waals surface area contributed by atoms with Gasteiger partial charge in [0.15, 0.2) is 0 Å². The van der Waals surface area contributed by atoms with Crippen LogP contribution in [0.1, 0.15) is 36.3 Å². The zero-order chi connectivity index (χ0) is 12.9. The fourth-order valence-corrected chi connectivity index (χ4v) is 2.59. The molecule has 0 amide bonds. The largest absolute Gasteiger partial charge is 0.322 e. The molecule has 92 valence electrons. The first-order chi connectivity index (χ1) is 8.48. The van der Waals surface area contributed by atoms with Gasteiger partial charge in [-0.25, -0.2) is 0 Å². The van der Waals surface area contributed by atoms with Crippen molar-refractivity contribution in [3.8, 4) is 0 Å². The molecule has 2 N–H and O–H groups in total. The number of aromatic nitrogens is 1. The molecule has 1 aromatic heterocycles. The highest BCUT2D eigenvalue weighted by atomic mass is 16.2. The topological polar surface area (TPSA) is 48.0 Å². The Bertz CT molecular complexity index is 672. The Balaban J connectivity index is 2.39. The van der Waals surface area contributed by atoms with Gasteiger partial charge in [0.25, 0.3) is 0 Å². The zero-order valence-corrected chi connectivity index (χ0v) is 10.6. The van der Waals surface area contributed by atoms with Crippen molar-refractivity contribution >= 4 is 22.9 Å². The van der Waals surface area contributed by atoms with E-state index < -0.39 is 5.54 Å². The molecule has 3 nitrogen and oxygen atoms in total. The van der Waals surface area contributed by atoms with Crippen molar-refractivity contribution in [1.82, 2.24) is 4.57 Å². The lowest BCUT2D eigenvalue weighted by Gasteiger charge is -2.20. The molecule has 0 radical (unpaired) electrons. The Hall–Kier alpha value is -1.87. The van der Waals surface area contributed by atoms with E-state index in [4.69, 9.17) is 5.73 Å². The average Bonchev–Trinajstić information content (AvgIpc) is 2.66. The molecular weight excluding hydrogens is 224 g/mol. The Morgan fingerprint density at radius 2 is 2.11 bits per heavy atom. The van der Waals surface area contributed by atoms with E-state index in [0.717, 1.165) is 22.2 Å². The van der Waals surface area contributed by atoms with Crippen LogP contribution in [0.3, 0.4) is 0 Å². The first kappa shape index (κ1) is 11.2. The number of nitrogens with two attached hydrogens (primary N) is 1. The molecule has 0 atom stereocenters. The van der Waals surface area contributed by atoms with Crippen LogP contribution < -0.4 is 5.73 Å². The van der Waals surface area contributed by atoms with Crippen LogP contribution in [-0.2, 0) is 5.54 Å². The quantitative estimate of drug-likeness (QED) is 0.833. The minimum Gasteiger partial charge on any atom is -0.322 e. The van der Waals surface area contributed by atoms with Crippen LogP contribution in [0.25, 0.3) is 17.0 Å². The van der Waals surface area contributed by atoms with E-state index in [2.05, 4.69) is 0 Å². The number of hydrogen-bond donors (Lipinski definition) is 1. The first-order valence-corrected chi connectivity index (χ1v) is 6.12. The van der Waals surface area contributed by atoms with Crippen LogP contribution >= 0.6 is 0 Å². The van der Waals surface area contributed by atoms with Gasteiger partial charge in [0.2, 0.25) is 5.91 Å². The predicted molar refractivity (Wildman–Crippen MR) is 73.4 cm³/mol. The number of nitrogens with zero attached hydrogens (tertiary/aromatic N) is 1. The molecule has 2 heterocycles. The zero-order valence-electron chi connectivity index (χ0n) is 10.6. The minimum absolute atomic E-state index is 0.120. The van der Waals surface area contributed by atoms with Crippen molar-refractivity contribution in [2.75, 3.05) is 0 Å². The summed E-state index contributed by atoms with van der Waals surface area (Å²) in [4.78, 5) is 12.0. The van der Waals surface area contributed by atoms with E-state index in [1.807, 2.05) is 50.3 Å². The monoisotopic (exact) mass is 240 g/mol. The standard InChI is InChI=1S/C15H16N2O/c1-15(2,16)12-6-4-7-13-11(12)9-10-5-3-8-14(18)17(10)13/h3-7,9H,8,16H2,1-2H3. The van der Waals surface area contributed by atoms with E-state index in [9.17, 15) is 4.79 Å². The number of allylic oxidation sites excluding steroid dienone is 1. The molecule has 0 saturated heterocycles. The van der Waals surface area contributed by atoms with Gasteiger partial charge in [-0.15, -0.1) is 0 Å². The first-order valence-electron chi connectivity index (χ1n) is 6.12. The summed E-state index contributed by atoms with van der Waals surface area (Å²) in [6.07, 6.45) is 4.37. The summed E-state index contributed by atoms with van der Waals surface area (Å²) < 4.78 is 1.78. The SMILES string of the molecule is CC(C)(N)c1cccc2c1cc1n2C(=O)CC=C1. The van der Waals surface area contributed by atoms with Crippen LogP contribution in [0.2, 0.25) is 0 Å². The van der Waals surface area contributed by atoms with Crippen LogP contribution in [0.5, 0.6) is 0 Å². The molecule has 0 fully saturated rings. The summed E-state index contributed by atoms with van der Waals surface area (Å²) in [5.41, 5.74) is 8.76. The third kappa shape index (κ3) is 1.51. The van der Waals surface area contributed by atoms with Gasteiger partial charge in [-0.2, -0.15) is 0 Å². The number of rotatable bonds is 1. The fraction of sp³-hybridized carbons (Fsp3) is 0.267. The van der Waals surface area contributed by atoms with E-state index in [-0.39, 0.29) is 5.91 Å². The molecule has 0 saturated carbocycles. The van der Waals surface area contributed by atoms with Gasteiger partial charge in [-0.1, -0.05) is 18.2 Å². The molecule has 0 unspecified atom stereocenters. The fourth-order valence-electron chi connectivity index (χ4n) is 2.59. The number of fused-ring (bicyclic) bond motifs is 3. The molecule has 18 heavy (non-hydrogen) atoms. The molecule has 0 bridgehead atoms. The summed E-state index contributed by atoms with van der Waals surface area (Å²) in [5, 5.41) is 1.07. The lowest BCUT2D eigenvalue weighted by atomic mass is 9.92. The van der Waals surface area contributed by atoms with E-state index in [1.54, 1.807) is 4.57 Å². The second-order valence-electron chi connectivity index (χ2n) is 5.36. The maximum Gasteiger partial charge on any atom is 0.235 e. The third-order valence-electron chi connectivity index (χ3n) is 3.40. The Kier molecular flexibility index (Phi) is 2.22. The Morgan fingerprint density at radius 3 is 2.83 bits per heavy atom. The second kappa shape index (κ2) is 3.56. The lowest BCUT2D eigenvalue weighted by Crippen LogP contribution is -2.28. The van der Waals surface area contributed by atoms with Crippen molar-refractivity contribution in [2.45, 2.75) is 25.8 Å². The van der Waals surface area contributed by atoms with Gasteiger partial charge in [0.1, 0.15) is 0 Å². The van der Waals surface area contributed by atoms with Gasteiger partial charge < -0.3 is 5.73 Å². The number of carbonyl (C=O) groups is 1. The highest BCUT2D eigenvalue weighted by Gasteiger charge is 2.22. The number of benzene rings is 1. The maximum absolute atomic E-state index is 12.0. The highest BCUT2D eigenvalue weighted by Crippen LogP contribution is 2.31. The number of hydrogen-bond acceptors (Lipinski definition) is 2. The van der Waals surface area contributed by atoms with Crippen LogP contribution in [-0.4, -0.2) is 10.5 Å². The second-order valence-corrected chi connectivity index (χ2v) is 5.36. The maximum atomic E-state index is 12.0. The molecule has 2 aromatic rings. The lowest BCUT2D eigenvalue weighted by molar-refractivity contribution is 0.0920. The normalized spacial score (nSPS) is 15.2. The minimum atomic E-state index is -0.413. The molecule has 1 aromatic carbocycles. The van der Waals surface area contributed by atoms with Crippen molar-refractivity contribution in [1.29, 1.82) is 0 Å². The summed E-state index contributed by atoms with van der Waals surface area (Å²) in [7, 11) is 0. The van der Waals surface area contributed by atoms with Gasteiger partial charge in [-0.05, 0) is 37.6 Å². The van der Waals surface area contributed by atoms with Gasteiger partial charge in [-0.3, -0.25) is 9.36 Å². The summed E-state index contributed by atoms with van der Waals surface area (Å²) >= 11 is 0. The van der Waals surface area contributed by atoms with Gasteiger partial charge >= 0.3 is 0 Å². The predicted octanol–water partition coefficient (Wildman–Crippen LogP) is 2.89. The summed E-state index contributed by atoms with van der Waals surface area (Å²) in [6.45, 7) is 3.96. The van der Waals surface area contributed by atoms with E-state index in [0.29, 0.717) is 6.42 Å². The van der Waals surface area contributed by atoms with Crippen LogP contribution in [0, 0.1) is 0 Å². The molecular formula is C15H16N2O. The summed E-state index contributed by atoms with van der Waals surface area (Å²) in [6, 6.07) is 8.02. The average molecular weight is 240 g/mol. The van der Waals surface area contributed by atoms with Crippen LogP contribution in [0.4, 0.5) is 0 Å². The van der Waals surface area contributed by atoms with Crippen LogP contribution in [0.15, 0.2) is 30.3 Å². The molecule has 3 rings (SSSR count). The van der Waals surface area contributed by atoms with Crippen molar-refractivity contribution in [3.63, 3.8) is 0 Å². The van der Waals surface area contributed by atoms with E-state index in [1.165, 1.54) is 0 Å². The van der Waals surface area contributed by atoms with Gasteiger partial charge in [0, 0.05) is 23.0 Å². The molecule has 3 heteroatoms. The molecule has 0 aliphatic carbocycles. The number of carbonyl (C=O) groups excluding carboxylic acids is 1. The van der Waals surface area contributed by atoms with Crippen molar-refractivity contribution in [2.24, 2.45) is 5.73 Å². The summed E-state index contributed by atoms with van der Waals surface area (Å²) in [5.74, 6) is 0.120. The highest BCUT2D eigenvalue weighted by molar-refractivity contribution is 5.99. The van der Waals surface area contributed by atoms with Crippen molar-refractivity contribution < 1.29 is 4.79 Å². The smallest absolute Gasteiger partial charge is 0.235 e. The molecule has 0 spiro atoms. The third-order valence-corrected chi connectivity index (χ3v) is 3.40.